The van der Waals surface area contributed by atoms with Crippen LogP contribution in [0.3, 0.4) is 0 Å². The number of oxime groups is 1. The number of ether oxygens (including phenoxy) is 1. The Bertz CT molecular complexity index is 474. The van der Waals surface area contributed by atoms with E-state index in [0.717, 1.165) is 19.3 Å². The fraction of sp³-hybridized carbons (Fsp3) is 0.417. The smallest absolute Gasteiger partial charge is 0.311 e. The molecular weight excluding hydrogens is 250 g/mol. The number of hydrogen-bond acceptors (Lipinski definition) is 5. The van der Waals surface area contributed by atoms with Crippen LogP contribution in [0.15, 0.2) is 23.4 Å². The maximum absolute atomic E-state index is 11.0. The van der Waals surface area contributed by atoms with E-state index in [1.165, 1.54) is 18.2 Å². The molecule has 0 atom stereocenters. The van der Waals surface area contributed by atoms with Crippen molar-refractivity contribution < 1.29 is 14.9 Å². The Hall–Kier alpha value is -2.31. The second-order valence-electron chi connectivity index (χ2n) is 3.98. The largest absolute Gasteiger partial charge is 0.487 e. The molecule has 0 radical (unpaired) electrons. The molecule has 7 nitrogen and oxygen atoms in total. The van der Waals surface area contributed by atoms with E-state index in [1.807, 2.05) is 0 Å². The van der Waals surface area contributed by atoms with E-state index in [4.69, 9.17) is 15.7 Å². The van der Waals surface area contributed by atoms with Crippen molar-refractivity contribution in [1.82, 2.24) is 0 Å². The second-order valence-corrected chi connectivity index (χ2v) is 3.98. The van der Waals surface area contributed by atoms with Crippen LogP contribution >= 0.6 is 0 Å². The van der Waals surface area contributed by atoms with Crippen LogP contribution in [0.4, 0.5) is 5.69 Å². The predicted octanol–water partition coefficient (Wildman–Crippen LogP) is 2.26. The molecule has 0 amide bonds. The van der Waals surface area contributed by atoms with Gasteiger partial charge < -0.3 is 15.7 Å². The lowest BCUT2D eigenvalue weighted by atomic mass is 10.1. The highest BCUT2D eigenvalue weighted by Crippen LogP contribution is 2.28. The monoisotopic (exact) mass is 267 g/mol. The Labute approximate surface area is 110 Å². The summed E-state index contributed by atoms with van der Waals surface area (Å²) in [5.41, 5.74) is 5.47. The van der Waals surface area contributed by atoms with E-state index in [1.54, 1.807) is 0 Å². The summed E-state index contributed by atoms with van der Waals surface area (Å²) in [6, 6.07) is 4.19. The summed E-state index contributed by atoms with van der Waals surface area (Å²) < 4.78 is 5.38. The molecule has 0 fully saturated rings. The Morgan fingerprint density at radius 1 is 1.53 bits per heavy atom. The van der Waals surface area contributed by atoms with Crippen LogP contribution in [0, 0.1) is 10.1 Å². The Balaban J connectivity index is 2.89. The molecule has 3 N–H and O–H groups in total. The van der Waals surface area contributed by atoms with Gasteiger partial charge in [-0.05, 0) is 18.6 Å². The minimum atomic E-state index is -0.552. The zero-order valence-electron chi connectivity index (χ0n) is 10.7. The van der Waals surface area contributed by atoms with Gasteiger partial charge in [0.1, 0.15) is 0 Å². The molecule has 1 aromatic carbocycles. The summed E-state index contributed by atoms with van der Waals surface area (Å²) in [5.74, 6) is 0.0104. The number of rotatable bonds is 7. The molecule has 7 heteroatoms. The first kappa shape index (κ1) is 14.7. The van der Waals surface area contributed by atoms with Gasteiger partial charge in [0.2, 0.25) is 0 Å². The molecular formula is C12H17N3O4. The Morgan fingerprint density at radius 3 is 2.84 bits per heavy atom. The minimum Gasteiger partial charge on any atom is -0.487 e. The first-order valence-electron chi connectivity index (χ1n) is 5.99. The van der Waals surface area contributed by atoms with Crippen LogP contribution in [-0.2, 0) is 0 Å². The van der Waals surface area contributed by atoms with E-state index in [9.17, 15) is 10.1 Å². The molecule has 0 bridgehead atoms. The molecule has 1 rings (SSSR count). The zero-order chi connectivity index (χ0) is 14.3. The van der Waals surface area contributed by atoms with Gasteiger partial charge in [-0.15, -0.1) is 0 Å². The molecule has 0 aliphatic carbocycles. The number of nitro benzene ring substituents is 1. The van der Waals surface area contributed by atoms with Crippen molar-refractivity contribution in [2.75, 3.05) is 6.61 Å². The van der Waals surface area contributed by atoms with E-state index in [2.05, 4.69) is 12.1 Å². The molecule has 0 aliphatic heterocycles. The van der Waals surface area contributed by atoms with Crippen molar-refractivity contribution in [3.63, 3.8) is 0 Å². The van der Waals surface area contributed by atoms with Gasteiger partial charge in [-0.3, -0.25) is 10.1 Å². The van der Waals surface area contributed by atoms with Crippen LogP contribution in [0.25, 0.3) is 0 Å². The van der Waals surface area contributed by atoms with Crippen LogP contribution < -0.4 is 10.5 Å². The normalized spacial score (nSPS) is 11.3. The molecule has 0 aliphatic rings. The maximum Gasteiger partial charge on any atom is 0.311 e. The van der Waals surface area contributed by atoms with Crippen LogP contribution in [0.2, 0.25) is 0 Å². The Kier molecular flexibility index (Phi) is 5.59. The number of amidine groups is 1. The highest BCUT2D eigenvalue weighted by Gasteiger charge is 2.17. The first-order valence-corrected chi connectivity index (χ1v) is 5.99. The number of nitrogens with zero attached hydrogens (tertiary/aromatic N) is 2. The number of nitro groups is 1. The lowest BCUT2D eigenvalue weighted by Crippen LogP contribution is -2.13. The van der Waals surface area contributed by atoms with Gasteiger partial charge in [0.05, 0.1) is 11.5 Å². The van der Waals surface area contributed by atoms with Gasteiger partial charge in [0.15, 0.2) is 11.6 Å². The topological polar surface area (TPSA) is 111 Å². The second kappa shape index (κ2) is 7.20. The minimum absolute atomic E-state index is 0.180. The summed E-state index contributed by atoms with van der Waals surface area (Å²) in [5, 5.41) is 22.3. The highest BCUT2D eigenvalue weighted by atomic mass is 16.6. The summed E-state index contributed by atoms with van der Waals surface area (Å²) in [7, 11) is 0. The van der Waals surface area contributed by atoms with Crippen LogP contribution in [0.5, 0.6) is 5.75 Å². The zero-order valence-corrected chi connectivity index (χ0v) is 10.7. The van der Waals surface area contributed by atoms with E-state index in [0.29, 0.717) is 6.61 Å². The van der Waals surface area contributed by atoms with E-state index < -0.39 is 4.92 Å². The molecule has 0 aromatic heterocycles. The first-order chi connectivity index (χ1) is 9.10. The third-order valence-corrected chi connectivity index (χ3v) is 2.56. The highest BCUT2D eigenvalue weighted by molar-refractivity contribution is 5.97. The predicted molar refractivity (Wildman–Crippen MR) is 70.6 cm³/mol. The number of nitrogens with two attached hydrogens (primary N) is 1. The number of benzene rings is 1. The SMILES string of the molecule is CCCCCOc1ccc(/C(N)=N/O)cc1[N+](=O)[O-]. The van der Waals surface area contributed by atoms with Crippen LogP contribution in [-0.4, -0.2) is 22.6 Å². The summed E-state index contributed by atoms with van der Waals surface area (Å²) >= 11 is 0. The van der Waals surface area contributed by atoms with Gasteiger partial charge in [0, 0.05) is 11.6 Å². The van der Waals surface area contributed by atoms with Crippen molar-refractivity contribution >= 4 is 11.5 Å². The number of unbranched alkanes of at least 4 members (excludes halogenated alkanes) is 2. The fourth-order valence-corrected chi connectivity index (χ4v) is 1.53. The molecule has 0 heterocycles. The van der Waals surface area contributed by atoms with E-state index in [-0.39, 0.29) is 22.8 Å². The molecule has 0 saturated carbocycles. The van der Waals surface area contributed by atoms with Crippen molar-refractivity contribution in [2.45, 2.75) is 26.2 Å². The average Bonchev–Trinajstić information content (AvgIpc) is 2.42. The van der Waals surface area contributed by atoms with Crippen molar-refractivity contribution in [2.24, 2.45) is 10.9 Å². The van der Waals surface area contributed by atoms with Gasteiger partial charge in [-0.1, -0.05) is 24.9 Å². The van der Waals surface area contributed by atoms with Crippen LogP contribution in [0.1, 0.15) is 31.7 Å². The Morgan fingerprint density at radius 2 is 2.26 bits per heavy atom. The molecule has 0 unspecified atom stereocenters. The number of hydrogen-bond donors (Lipinski definition) is 2. The standard InChI is InChI=1S/C12H17N3O4/c1-2-3-4-7-19-11-6-5-9(12(13)14-16)8-10(11)15(17)18/h5-6,8,16H,2-4,7H2,1H3,(H2,13,14). The molecule has 1 aromatic rings. The summed E-state index contributed by atoms with van der Waals surface area (Å²) in [6.45, 7) is 2.49. The van der Waals surface area contributed by atoms with Crippen molar-refractivity contribution in [3.05, 3.63) is 33.9 Å². The van der Waals surface area contributed by atoms with E-state index >= 15 is 0 Å². The quantitative estimate of drug-likeness (QED) is 0.196. The molecule has 19 heavy (non-hydrogen) atoms. The third-order valence-electron chi connectivity index (χ3n) is 2.56. The van der Waals surface area contributed by atoms with Gasteiger partial charge >= 0.3 is 5.69 Å². The summed E-state index contributed by atoms with van der Waals surface area (Å²) in [6.07, 6.45) is 2.90. The molecule has 0 spiro atoms. The average molecular weight is 267 g/mol. The molecule has 0 saturated heterocycles. The van der Waals surface area contributed by atoms with Gasteiger partial charge in [-0.2, -0.15) is 0 Å². The molecule has 104 valence electrons. The third kappa shape index (κ3) is 4.13. The fourth-order valence-electron chi connectivity index (χ4n) is 1.53. The van der Waals surface area contributed by atoms with Crippen molar-refractivity contribution in [1.29, 1.82) is 0 Å². The summed E-state index contributed by atoms with van der Waals surface area (Å²) in [4.78, 5) is 10.4. The lowest BCUT2D eigenvalue weighted by Gasteiger charge is -2.07. The lowest BCUT2D eigenvalue weighted by molar-refractivity contribution is -0.385. The van der Waals surface area contributed by atoms with Gasteiger partial charge in [-0.25, -0.2) is 0 Å². The van der Waals surface area contributed by atoms with Gasteiger partial charge in [0.25, 0.3) is 0 Å². The van der Waals surface area contributed by atoms with Crippen molar-refractivity contribution in [3.8, 4) is 5.75 Å². The maximum atomic E-state index is 11.0.